The molecule has 3 nitrogen and oxygen atoms in total. The molecule has 116 valence electrons. The van der Waals surface area contributed by atoms with Crippen LogP contribution < -0.4 is 5.43 Å². The summed E-state index contributed by atoms with van der Waals surface area (Å²) in [5.74, 6) is 0. The number of hydrogen-bond donors (Lipinski definition) is 1. The average Bonchev–Trinajstić information content (AvgIpc) is 2.96. The van der Waals surface area contributed by atoms with E-state index in [0.717, 1.165) is 27.5 Å². The van der Waals surface area contributed by atoms with Gasteiger partial charge >= 0.3 is 0 Å². The number of halogens is 2. The van der Waals surface area contributed by atoms with Crippen LogP contribution in [0.15, 0.2) is 52.9 Å². The van der Waals surface area contributed by atoms with Gasteiger partial charge < -0.3 is 0 Å². The summed E-state index contributed by atoms with van der Waals surface area (Å²) in [6, 6.07) is 13.6. The van der Waals surface area contributed by atoms with Gasteiger partial charge in [-0.1, -0.05) is 53.5 Å². The van der Waals surface area contributed by atoms with Crippen LogP contribution in [0.1, 0.15) is 11.3 Å². The van der Waals surface area contributed by atoms with Crippen LogP contribution in [0.2, 0.25) is 10.0 Å². The summed E-state index contributed by atoms with van der Waals surface area (Å²) < 4.78 is 0. The molecule has 23 heavy (non-hydrogen) atoms. The molecule has 0 aliphatic carbocycles. The number of aromatic nitrogens is 1. The Balaban J connectivity index is 1.86. The fraction of sp³-hybridized carbons (Fsp3) is 0.0588. The zero-order valence-corrected chi connectivity index (χ0v) is 14.6. The topological polar surface area (TPSA) is 37.3 Å². The van der Waals surface area contributed by atoms with E-state index in [1.54, 1.807) is 12.3 Å². The Morgan fingerprint density at radius 2 is 1.96 bits per heavy atom. The van der Waals surface area contributed by atoms with Gasteiger partial charge in [0.1, 0.15) is 0 Å². The normalized spacial score (nSPS) is 11.1. The average molecular weight is 362 g/mol. The summed E-state index contributed by atoms with van der Waals surface area (Å²) in [4.78, 5) is 4.31. The zero-order chi connectivity index (χ0) is 16.2. The number of nitrogens with one attached hydrogen (secondary N) is 1. The van der Waals surface area contributed by atoms with Crippen LogP contribution in [0.4, 0.5) is 5.13 Å². The monoisotopic (exact) mass is 361 g/mol. The van der Waals surface area contributed by atoms with E-state index in [1.807, 2.05) is 48.7 Å². The molecule has 3 aromatic rings. The first-order valence-electron chi connectivity index (χ1n) is 6.89. The summed E-state index contributed by atoms with van der Waals surface area (Å²) in [7, 11) is 0. The maximum absolute atomic E-state index is 6.12. The Bertz CT molecular complexity index is 859. The van der Waals surface area contributed by atoms with Gasteiger partial charge in [0.15, 0.2) is 0 Å². The molecule has 6 heteroatoms. The largest absolute Gasteiger partial charge is 0.253 e. The van der Waals surface area contributed by atoms with Gasteiger partial charge in [0.2, 0.25) is 5.13 Å². The standard InChI is InChI=1S/C17H13Cl2N3S/c1-11-10-23-17(21-11)22-20-9-13-4-2-3-5-14(13)12-6-7-15(18)16(19)8-12/h2-10H,1H3,(H,21,22). The van der Waals surface area contributed by atoms with E-state index in [-0.39, 0.29) is 0 Å². The number of thiazole rings is 1. The predicted molar refractivity (Wildman–Crippen MR) is 100.0 cm³/mol. The van der Waals surface area contributed by atoms with Crippen LogP contribution in [0, 0.1) is 6.92 Å². The molecule has 0 fully saturated rings. The van der Waals surface area contributed by atoms with Crippen molar-refractivity contribution in [2.75, 3.05) is 5.43 Å². The summed E-state index contributed by atoms with van der Waals surface area (Å²) in [6.45, 7) is 1.95. The van der Waals surface area contributed by atoms with Crippen molar-refractivity contribution in [3.8, 4) is 11.1 Å². The Hall–Kier alpha value is -1.88. The van der Waals surface area contributed by atoms with Crippen molar-refractivity contribution in [2.24, 2.45) is 5.10 Å². The molecule has 1 N–H and O–H groups in total. The molecule has 0 spiro atoms. The van der Waals surface area contributed by atoms with Gasteiger partial charge in [-0.05, 0) is 30.2 Å². The van der Waals surface area contributed by atoms with E-state index >= 15 is 0 Å². The van der Waals surface area contributed by atoms with E-state index in [4.69, 9.17) is 23.2 Å². The molecule has 0 aliphatic heterocycles. The molecule has 0 bridgehead atoms. The lowest BCUT2D eigenvalue weighted by atomic mass is 10.0. The fourth-order valence-corrected chi connectivity index (χ4v) is 3.03. The van der Waals surface area contributed by atoms with Crippen LogP contribution in [-0.4, -0.2) is 11.2 Å². The van der Waals surface area contributed by atoms with E-state index in [1.165, 1.54) is 11.3 Å². The smallest absolute Gasteiger partial charge is 0.203 e. The van der Waals surface area contributed by atoms with Crippen LogP contribution in [0.25, 0.3) is 11.1 Å². The van der Waals surface area contributed by atoms with Crippen molar-refractivity contribution in [3.63, 3.8) is 0 Å². The highest BCUT2D eigenvalue weighted by molar-refractivity contribution is 7.13. The van der Waals surface area contributed by atoms with Crippen molar-refractivity contribution in [2.45, 2.75) is 6.92 Å². The van der Waals surface area contributed by atoms with E-state index < -0.39 is 0 Å². The number of anilines is 1. The van der Waals surface area contributed by atoms with E-state index in [0.29, 0.717) is 10.0 Å². The van der Waals surface area contributed by atoms with Crippen molar-refractivity contribution in [1.82, 2.24) is 4.98 Å². The SMILES string of the molecule is Cc1csc(NN=Cc2ccccc2-c2ccc(Cl)c(Cl)c2)n1. The lowest BCUT2D eigenvalue weighted by molar-refractivity contribution is 1.22. The molecule has 3 rings (SSSR count). The van der Waals surface area contributed by atoms with Crippen LogP contribution in [-0.2, 0) is 0 Å². The quantitative estimate of drug-likeness (QED) is 0.465. The third kappa shape index (κ3) is 3.91. The summed E-state index contributed by atoms with van der Waals surface area (Å²) in [6.07, 6.45) is 1.77. The second-order valence-corrected chi connectivity index (χ2v) is 6.55. The molecule has 2 aromatic carbocycles. The van der Waals surface area contributed by atoms with Gasteiger partial charge in [0, 0.05) is 10.9 Å². The maximum atomic E-state index is 6.12. The minimum absolute atomic E-state index is 0.535. The van der Waals surface area contributed by atoms with Crippen molar-refractivity contribution >= 4 is 45.9 Å². The van der Waals surface area contributed by atoms with Crippen molar-refractivity contribution in [1.29, 1.82) is 0 Å². The molecule has 0 atom stereocenters. The lowest BCUT2D eigenvalue weighted by Crippen LogP contribution is -1.92. The third-order valence-electron chi connectivity index (χ3n) is 3.17. The van der Waals surface area contributed by atoms with Crippen LogP contribution >= 0.6 is 34.5 Å². The van der Waals surface area contributed by atoms with Gasteiger partial charge in [0.05, 0.1) is 22.0 Å². The highest BCUT2D eigenvalue weighted by Gasteiger charge is 2.05. The number of aryl methyl sites for hydroxylation is 1. The molecule has 1 aromatic heterocycles. The third-order valence-corrected chi connectivity index (χ3v) is 4.78. The van der Waals surface area contributed by atoms with Gasteiger partial charge in [0.25, 0.3) is 0 Å². The molecule has 0 unspecified atom stereocenters. The molecule has 0 amide bonds. The van der Waals surface area contributed by atoms with Crippen LogP contribution in [0.3, 0.4) is 0 Å². The first-order chi connectivity index (χ1) is 11.1. The highest BCUT2D eigenvalue weighted by atomic mass is 35.5. The number of hydrogen-bond acceptors (Lipinski definition) is 4. The van der Waals surface area contributed by atoms with Crippen LogP contribution in [0.5, 0.6) is 0 Å². The molecule has 0 saturated heterocycles. The zero-order valence-electron chi connectivity index (χ0n) is 12.3. The summed E-state index contributed by atoms with van der Waals surface area (Å²) >= 11 is 13.6. The second-order valence-electron chi connectivity index (χ2n) is 4.88. The Morgan fingerprint density at radius 3 is 2.70 bits per heavy atom. The molecule has 0 saturated carbocycles. The molecule has 0 radical (unpaired) electrons. The van der Waals surface area contributed by atoms with Gasteiger partial charge in [-0.3, -0.25) is 5.43 Å². The van der Waals surface area contributed by atoms with Crippen molar-refractivity contribution < 1.29 is 0 Å². The van der Waals surface area contributed by atoms with Gasteiger partial charge in [-0.25, -0.2) is 4.98 Å². The molecule has 0 aliphatic rings. The number of rotatable bonds is 4. The molecular formula is C17H13Cl2N3S. The first kappa shape index (κ1) is 16.0. The van der Waals surface area contributed by atoms with E-state index in [9.17, 15) is 0 Å². The van der Waals surface area contributed by atoms with Crippen molar-refractivity contribution in [3.05, 3.63) is 69.1 Å². The summed E-state index contributed by atoms with van der Waals surface area (Å²) in [5, 5.41) is 8.09. The predicted octanol–water partition coefficient (Wildman–Crippen LogP) is 5.87. The minimum atomic E-state index is 0.535. The van der Waals surface area contributed by atoms with Gasteiger partial charge in [-0.2, -0.15) is 5.10 Å². The molecule has 1 heterocycles. The minimum Gasteiger partial charge on any atom is -0.253 e. The molecular weight excluding hydrogens is 349 g/mol. The highest BCUT2D eigenvalue weighted by Crippen LogP contribution is 2.30. The number of hydrazone groups is 1. The first-order valence-corrected chi connectivity index (χ1v) is 8.53. The van der Waals surface area contributed by atoms with E-state index in [2.05, 4.69) is 15.5 Å². The Morgan fingerprint density at radius 1 is 1.13 bits per heavy atom. The van der Waals surface area contributed by atoms with Gasteiger partial charge in [-0.15, -0.1) is 11.3 Å². The lowest BCUT2D eigenvalue weighted by Gasteiger charge is -2.07. The number of nitrogens with zero attached hydrogens (tertiary/aromatic N) is 2. The Kier molecular flexibility index (Phi) is 4.96. The fourth-order valence-electron chi connectivity index (χ4n) is 2.10. The number of benzene rings is 2. The maximum Gasteiger partial charge on any atom is 0.203 e. The Labute approximate surface area is 148 Å². The second kappa shape index (κ2) is 7.13. The summed E-state index contributed by atoms with van der Waals surface area (Å²) in [5.41, 5.74) is 6.92.